The van der Waals surface area contributed by atoms with Crippen LogP contribution in [0.25, 0.3) is 11.8 Å². The fraction of sp³-hybridized carbons (Fsp3) is 0.138. The number of hydrogen-bond donors (Lipinski definition) is 2. The highest BCUT2D eigenvalue weighted by Crippen LogP contribution is 2.39. The van der Waals surface area contributed by atoms with Crippen molar-refractivity contribution in [3.05, 3.63) is 106 Å². The van der Waals surface area contributed by atoms with Gasteiger partial charge in [0.2, 0.25) is 11.6 Å². The third-order valence-corrected chi connectivity index (χ3v) is 8.02. The zero-order valence-electron chi connectivity index (χ0n) is 22.7. The van der Waals surface area contributed by atoms with Crippen LogP contribution in [0.15, 0.2) is 64.0 Å². The third-order valence-electron chi connectivity index (χ3n) is 6.44. The van der Waals surface area contributed by atoms with Crippen molar-refractivity contribution in [3.63, 3.8) is 0 Å². The first-order chi connectivity index (χ1) is 21.3. The Bertz CT molecular complexity index is 1910. The Hall–Kier alpha value is -3.19. The number of halogens is 6. The number of hydrazone groups is 1. The number of aromatic nitrogens is 2. The van der Waals surface area contributed by atoms with Crippen LogP contribution in [-0.2, 0) is 14.3 Å². The van der Waals surface area contributed by atoms with Crippen LogP contribution in [0.2, 0.25) is 30.1 Å². The molecule has 0 saturated carbocycles. The molecule has 2 aromatic carbocycles. The summed E-state index contributed by atoms with van der Waals surface area (Å²) in [7, 11) is 0. The predicted octanol–water partition coefficient (Wildman–Crippen LogP) is 6.52. The zero-order valence-corrected chi connectivity index (χ0v) is 27.2. The lowest BCUT2D eigenvalue weighted by Crippen LogP contribution is -2.24. The second-order valence-electron chi connectivity index (χ2n) is 9.59. The number of rotatable bonds is 9. The van der Waals surface area contributed by atoms with Crippen LogP contribution in [0.5, 0.6) is 0 Å². The maximum Gasteiger partial charge on any atom is 0.281 e. The van der Waals surface area contributed by atoms with Gasteiger partial charge in [-0.25, -0.2) is 4.68 Å². The maximum atomic E-state index is 13.4. The van der Waals surface area contributed by atoms with Gasteiger partial charge in [-0.15, -0.1) is 0 Å². The number of Topliss-reactive ketones (excluding diaryl/α,β-unsaturated/α-hetero) is 2. The van der Waals surface area contributed by atoms with Gasteiger partial charge in [-0.05, 0) is 43.3 Å². The summed E-state index contributed by atoms with van der Waals surface area (Å²) < 4.78 is 6.05. The molecule has 10 nitrogen and oxygen atoms in total. The van der Waals surface area contributed by atoms with Crippen LogP contribution < -0.4 is 10.6 Å². The number of carbonyl (C=O) groups is 3. The molecule has 3 heterocycles. The fourth-order valence-electron chi connectivity index (χ4n) is 4.26. The van der Waals surface area contributed by atoms with Crippen molar-refractivity contribution in [1.82, 2.24) is 9.78 Å². The summed E-state index contributed by atoms with van der Waals surface area (Å²) in [5.74, 6) is -1.96. The quantitative estimate of drug-likeness (QED) is 0.111. The van der Waals surface area contributed by atoms with Gasteiger partial charge < -0.3 is 9.84 Å². The molecule has 5 rings (SSSR count). The van der Waals surface area contributed by atoms with Crippen LogP contribution in [0, 0.1) is 0 Å². The molecule has 2 N–H and O–H groups in total. The average Bonchev–Trinajstić information content (AvgIpc) is 3.69. The van der Waals surface area contributed by atoms with E-state index in [1.807, 2.05) is 0 Å². The first kappa shape index (κ1) is 33.2. The number of aromatic amines is 1. The number of benzene rings is 2. The second kappa shape index (κ2) is 13.3. The molecule has 1 fully saturated rings. The molecule has 2 aliphatic heterocycles. The monoisotopic (exact) mass is 728 g/mol. The highest BCUT2D eigenvalue weighted by molar-refractivity contribution is 6.57. The van der Waals surface area contributed by atoms with Crippen LogP contribution in [0.3, 0.4) is 0 Å². The lowest BCUT2D eigenvalue weighted by Gasteiger charge is -2.15. The number of nitrogens with one attached hydrogen (secondary N) is 1. The number of ether oxygens (including phenoxy) is 1. The van der Waals surface area contributed by atoms with Crippen molar-refractivity contribution < 1.29 is 24.2 Å². The minimum Gasteiger partial charge on any atom is -0.385 e. The molecule has 0 spiro atoms. The smallest absolute Gasteiger partial charge is 0.281 e. The normalized spacial score (nSPS) is 18.0. The molecule has 1 amide bonds. The number of ketones is 2. The Morgan fingerprint density at radius 2 is 1.51 bits per heavy atom. The number of H-pyrrole nitrogens is 1. The van der Waals surface area contributed by atoms with E-state index >= 15 is 0 Å². The van der Waals surface area contributed by atoms with Gasteiger partial charge in [0.25, 0.3) is 11.5 Å². The maximum absolute atomic E-state index is 13.4. The summed E-state index contributed by atoms with van der Waals surface area (Å²) >= 11 is 37.1. The molecule has 45 heavy (non-hydrogen) atoms. The molecular weight excluding hydrogens is 713 g/mol. The number of aliphatic hydroxyl groups is 1. The van der Waals surface area contributed by atoms with Gasteiger partial charge in [0.05, 0.1) is 37.8 Å². The number of carbonyl (C=O) groups excluding carboxylic acids is 3. The van der Waals surface area contributed by atoms with E-state index in [9.17, 15) is 24.3 Å². The average molecular weight is 731 g/mol. The summed E-state index contributed by atoms with van der Waals surface area (Å²) in [4.78, 5) is 52.4. The first-order valence-corrected chi connectivity index (χ1v) is 15.1. The number of aliphatic hydroxyl groups excluding tert-OH is 1. The molecule has 1 aromatic heterocycles. The van der Waals surface area contributed by atoms with E-state index in [-0.39, 0.29) is 70.7 Å². The minimum absolute atomic E-state index is 0.0361. The molecule has 2 aliphatic rings. The lowest BCUT2D eigenvalue weighted by atomic mass is 10.0. The largest absolute Gasteiger partial charge is 0.385 e. The van der Waals surface area contributed by atoms with E-state index in [0.717, 1.165) is 9.69 Å². The van der Waals surface area contributed by atoms with E-state index < -0.39 is 35.2 Å². The molecule has 3 aromatic rings. The van der Waals surface area contributed by atoms with Crippen LogP contribution >= 0.6 is 69.6 Å². The molecule has 0 radical (unpaired) electrons. The predicted molar refractivity (Wildman–Crippen MR) is 175 cm³/mol. The number of hydrogen-bond acceptors (Lipinski definition) is 7. The Kier molecular flexibility index (Phi) is 9.79. The van der Waals surface area contributed by atoms with Crippen molar-refractivity contribution >= 4 is 105 Å². The van der Waals surface area contributed by atoms with Crippen LogP contribution in [-0.4, -0.2) is 56.9 Å². The van der Waals surface area contributed by atoms with Crippen molar-refractivity contribution in [3.8, 4) is 5.69 Å². The molecular formula is C29H18Cl6N4O6. The lowest BCUT2D eigenvalue weighted by molar-refractivity contribution is -0.115. The van der Waals surface area contributed by atoms with Gasteiger partial charge in [-0.2, -0.15) is 10.1 Å². The van der Waals surface area contributed by atoms with Gasteiger partial charge in [0, 0.05) is 10.0 Å². The summed E-state index contributed by atoms with van der Waals surface area (Å²) in [6, 6.07) is 5.51. The van der Waals surface area contributed by atoms with Gasteiger partial charge in [0.15, 0.2) is 0 Å². The number of amides is 1. The Balaban J connectivity index is 1.49. The number of epoxide rings is 1. The number of nitrogens with zero attached hydrogens (tertiary/aromatic N) is 3. The zero-order chi connectivity index (χ0) is 32.7. The van der Waals surface area contributed by atoms with Crippen LogP contribution in [0.1, 0.15) is 23.0 Å². The Labute approximate surface area is 284 Å². The summed E-state index contributed by atoms with van der Waals surface area (Å²) in [5.41, 5.74) is -1.15. The molecule has 2 atom stereocenters. The van der Waals surface area contributed by atoms with Gasteiger partial charge in [0.1, 0.15) is 35.0 Å². The molecule has 16 heteroatoms. The molecule has 232 valence electrons. The molecule has 0 bridgehead atoms. The van der Waals surface area contributed by atoms with Crippen molar-refractivity contribution in [1.29, 1.82) is 0 Å². The number of anilines is 1. The van der Waals surface area contributed by atoms with Crippen LogP contribution in [0.4, 0.5) is 5.69 Å². The minimum atomic E-state index is -1.44. The second-order valence-corrected chi connectivity index (χ2v) is 12.1. The summed E-state index contributed by atoms with van der Waals surface area (Å²) in [6.07, 6.45) is 4.75. The number of allylic oxidation sites excluding steroid dienone is 4. The summed E-state index contributed by atoms with van der Waals surface area (Å²) in [5, 5.41) is 18.3. The van der Waals surface area contributed by atoms with Crippen molar-refractivity contribution in [2.45, 2.75) is 19.1 Å². The SMILES string of the molecule is CC(O)C(=O)c1[nH]n(-c2c(Cl)cc(Cl)cc2Cl)c(=O)c1/C=C/C=C/C=C1\C(=O)N(c2c(Cl)cc(Cl)cc2Cl)N=C1C(=O)C1CO1. The van der Waals surface area contributed by atoms with Gasteiger partial charge in [-0.3, -0.25) is 24.3 Å². The van der Waals surface area contributed by atoms with Gasteiger partial charge >= 0.3 is 0 Å². The Morgan fingerprint density at radius 1 is 0.956 bits per heavy atom. The van der Waals surface area contributed by atoms with E-state index in [4.69, 9.17) is 74.3 Å². The summed E-state index contributed by atoms with van der Waals surface area (Å²) in [6.45, 7) is 1.44. The molecule has 0 aliphatic carbocycles. The first-order valence-electron chi connectivity index (χ1n) is 12.8. The van der Waals surface area contributed by atoms with E-state index in [2.05, 4.69) is 10.2 Å². The highest BCUT2D eigenvalue weighted by Gasteiger charge is 2.43. The topological polar surface area (TPSA) is 137 Å². The van der Waals surface area contributed by atoms with E-state index in [0.29, 0.717) is 0 Å². The van der Waals surface area contributed by atoms with Crippen molar-refractivity contribution in [2.24, 2.45) is 5.10 Å². The highest BCUT2D eigenvalue weighted by atomic mass is 35.5. The standard InChI is InChI=1S/C29H18Cl6N4O6/c1-12(40)26(41)22-15(28(43)38(36-22)24-17(32)7-13(30)8-18(24)33)5-3-2-4-6-16-23(27(42)21-11-45-21)37-39(29(16)44)25-19(34)9-14(31)10-20(25)35/h2-10,12,21,36,40H,11H2,1H3/b4-2+,5-3+,16-6-. The third kappa shape index (κ3) is 6.70. The van der Waals surface area contributed by atoms with E-state index in [1.54, 1.807) is 0 Å². The van der Waals surface area contributed by atoms with E-state index in [1.165, 1.54) is 61.6 Å². The van der Waals surface area contributed by atoms with Gasteiger partial charge in [-0.1, -0.05) is 87.8 Å². The fourth-order valence-corrected chi connectivity index (χ4v) is 6.23. The van der Waals surface area contributed by atoms with Crippen molar-refractivity contribution in [2.75, 3.05) is 11.6 Å². The Morgan fingerprint density at radius 3 is 2.04 bits per heavy atom. The molecule has 1 saturated heterocycles. The molecule has 2 unspecified atom stereocenters.